The lowest BCUT2D eigenvalue weighted by molar-refractivity contribution is 0.373. The summed E-state index contributed by atoms with van der Waals surface area (Å²) < 4.78 is 7.23. The number of aromatic nitrogens is 4. The first-order chi connectivity index (χ1) is 11.8. The lowest BCUT2D eigenvalue weighted by atomic mass is 10.1. The molecule has 1 aromatic carbocycles. The van der Waals surface area contributed by atoms with Crippen molar-refractivity contribution in [2.45, 2.75) is 6.54 Å². The highest BCUT2D eigenvalue weighted by molar-refractivity contribution is 6.30. The molecule has 0 spiro atoms. The van der Waals surface area contributed by atoms with Crippen LogP contribution in [0.3, 0.4) is 0 Å². The van der Waals surface area contributed by atoms with E-state index in [4.69, 9.17) is 16.1 Å². The van der Waals surface area contributed by atoms with Gasteiger partial charge in [-0.2, -0.15) is 5.10 Å². The SMILES string of the molecule is Clc1cccc(-c2cc(Cn3cc(-c4ccncc4)cn3)on2)c1. The predicted octanol–water partition coefficient (Wildman–Crippen LogP) is 4.30. The molecule has 4 rings (SSSR count). The summed E-state index contributed by atoms with van der Waals surface area (Å²) in [5, 5.41) is 9.15. The first kappa shape index (κ1) is 14.7. The number of pyridine rings is 1. The van der Waals surface area contributed by atoms with Crippen LogP contribution in [0.1, 0.15) is 5.76 Å². The maximum Gasteiger partial charge on any atom is 0.158 e. The lowest BCUT2D eigenvalue weighted by Gasteiger charge is -1.96. The minimum atomic E-state index is 0.513. The third-order valence-electron chi connectivity index (χ3n) is 3.64. The molecular weight excluding hydrogens is 324 g/mol. The molecule has 3 heterocycles. The zero-order valence-electron chi connectivity index (χ0n) is 12.6. The molecule has 0 atom stereocenters. The third kappa shape index (κ3) is 3.07. The van der Waals surface area contributed by atoms with Crippen molar-refractivity contribution in [3.8, 4) is 22.4 Å². The van der Waals surface area contributed by atoms with E-state index in [1.807, 2.05) is 59.5 Å². The zero-order valence-corrected chi connectivity index (χ0v) is 13.4. The van der Waals surface area contributed by atoms with Gasteiger partial charge in [0.25, 0.3) is 0 Å². The Balaban J connectivity index is 1.54. The van der Waals surface area contributed by atoms with Crippen LogP contribution in [0, 0.1) is 0 Å². The fourth-order valence-corrected chi connectivity index (χ4v) is 2.66. The maximum absolute atomic E-state index is 6.02. The molecular formula is C18H13ClN4O. The fraction of sp³-hybridized carbons (Fsp3) is 0.0556. The second kappa shape index (κ2) is 6.29. The van der Waals surface area contributed by atoms with E-state index in [0.29, 0.717) is 11.6 Å². The summed E-state index contributed by atoms with van der Waals surface area (Å²) in [6.07, 6.45) is 7.32. The van der Waals surface area contributed by atoms with E-state index >= 15 is 0 Å². The van der Waals surface area contributed by atoms with Crippen molar-refractivity contribution in [2.24, 2.45) is 0 Å². The Hall–Kier alpha value is -2.92. The van der Waals surface area contributed by atoms with E-state index in [1.165, 1.54) is 0 Å². The Kier molecular flexibility index (Phi) is 3.84. The van der Waals surface area contributed by atoms with Gasteiger partial charge in [-0.05, 0) is 29.8 Å². The lowest BCUT2D eigenvalue weighted by Crippen LogP contribution is -1.98. The molecule has 5 nitrogen and oxygen atoms in total. The molecule has 118 valence electrons. The van der Waals surface area contributed by atoms with Crippen molar-refractivity contribution in [3.63, 3.8) is 0 Å². The summed E-state index contributed by atoms with van der Waals surface area (Å²) in [5.74, 6) is 0.731. The standard InChI is InChI=1S/C18H13ClN4O/c19-16-3-1-2-14(8-16)18-9-17(24-22-18)12-23-11-15(10-21-23)13-4-6-20-7-5-13/h1-11H,12H2. The Morgan fingerprint density at radius 3 is 2.71 bits per heavy atom. The van der Waals surface area contributed by atoms with E-state index in [1.54, 1.807) is 12.4 Å². The van der Waals surface area contributed by atoms with Gasteiger partial charge in [0.2, 0.25) is 0 Å². The number of halogens is 1. The van der Waals surface area contributed by atoms with Crippen molar-refractivity contribution >= 4 is 11.6 Å². The van der Waals surface area contributed by atoms with Gasteiger partial charge in [-0.3, -0.25) is 9.67 Å². The largest absolute Gasteiger partial charge is 0.359 e. The van der Waals surface area contributed by atoms with Gasteiger partial charge < -0.3 is 4.52 Å². The highest BCUT2D eigenvalue weighted by atomic mass is 35.5. The quantitative estimate of drug-likeness (QED) is 0.557. The summed E-state index contributed by atoms with van der Waals surface area (Å²) in [7, 11) is 0. The summed E-state index contributed by atoms with van der Waals surface area (Å²) in [6, 6.07) is 13.3. The van der Waals surface area contributed by atoms with Crippen LogP contribution in [0.5, 0.6) is 0 Å². The van der Waals surface area contributed by atoms with Crippen molar-refractivity contribution in [2.75, 3.05) is 0 Å². The van der Waals surface area contributed by atoms with Crippen LogP contribution in [0.15, 0.2) is 71.8 Å². The summed E-state index contributed by atoms with van der Waals surface area (Å²) >= 11 is 6.02. The molecule has 0 bridgehead atoms. The maximum atomic E-state index is 6.02. The van der Waals surface area contributed by atoms with Gasteiger partial charge in [-0.25, -0.2) is 0 Å². The Labute approximate surface area is 143 Å². The average molecular weight is 337 g/mol. The Bertz CT molecular complexity index is 962. The second-order valence-electron chi connectivity index (χ2n) is 5.35. The molecule has 6 heteroatoms. The summed E-state index contributed by atoms with van der Waals surface area (Å²) in [5.41, 5.74) is 3.80. The molecule has 0 amide bonds. The molecule has 0 N–H and O–H groups in total. The number of nitrogens with zero attached hydrogens (tertiary/aromatic N) is 4. The van der Waals surface area contributed by atoms with Crippen molar-refractivity contribution in [1.82, 2.24) is 19.9 Å². The highest BCUT2D eigenvalue weighted by Crippen LogP contribution is 2.23. The number of hydrogen-bond acceptors (Lipinski definition) is 4. The second-order valence-corrected chi connectivity index (χ2v) is 5.79. The minimum absolute atomic E-state index is 0.513. The van der Waals surface area contributed by atoms with Crippen LogP contribution in [-0.2, 0) is 6.54 Å². The van der Waals surface area contributed by atoms with Gasteiger partial charge in [-0.1, -0.05) is 28.9 Å². The molecule has 0 radical (unpaired) electrons. The van der Waals surface area contributed by atoms with Crippen LogP contribution < -0.4 is 0 Å². The van der Waals surface area contributed by atoms with Crippen LogP contribution in [-0.4, -0.2) is 19.9 Å². The normalized spacial score (nSPS) is 10.9. The van der Waals surface area contributed by atoms with Gasteiger partial charge >= 0.3 is 0 Å². The van der Waals surface area contributed by atoms with Gasteiger partial charge in [-0.15, -0.1) is 0 Å². The van der Waals surface area contributed by atoms with E-state index < -0.39 is 0 Å². The topological polar surface area (TPSA) is 56.7 Å². The summed E-state index contributed by atoms with van der Waals surface area (Å²) in [4.78, 5) is 4.02. The summed E-state index contributed by atoms with van der Waals surface area (Å²) in [6.45, 7) is 0.513. The fourth-order valence-electron chi connectivity index (χ4n) is 2.47. The van der Waals surface area contributed by atoms with Crippen molar-refractivity contribution in [1.29, 1.82) is 0 Å². The van der Waals surface area contributed by atoms with Gasteiger partial charge in [0.05, 0.1) is 6.20 Å². The van der Waals surface area contributed by atoms with Gasteiger partial charge in [0.15, 0.2) is 5.76 Å². The molecule has 0 aliphatic heterocycles. The molecule has 4 aromatic rings. The van der Waals surface area contributed by atoms with E-state index in [-0.39, 0.29) is 0 Å². The third-order valence-corrected chi connectivity index (χ3v) is 3.88. The molecule has 0 aliphatic carbocycles. The molecule has 0 saturated carbocycles. The molecule has 0 aliphatic rings. The Morgan fingerprint density at radius 1 is 1.00 bits per heavy atom. The van der Waals surface area contributed by atoms with Gasteiger partial charge in [0.1, 0.15) is 12.2 Å². The Morgan fingerprint density at radius 2 is 1.88 bits per heavy atom. The van der Waals surface area contributed by atoms with E-state index in [0.717, 1.165) is 28.1 Å². The first-order valence-corrected chi connectivity index (χ1v) is 7.80. The first-order valence-electron chi connectivity index (χ1n) is 7.42. The van der Waals surface area contributed by atoms with Crippen LogP contribution >= 0.6 is 11.6 Å². The van der Waals surface area contributed by atoms with Crippen molar-refractivity contribution < 1.29 is 4.52 Å². The predicted molar refractivity (Wildman–Crippen MR) is 91.5 cm³/mol. The molecule has 24 heavy (non-hydrogen) atoms. The highest BCUT2D eigenvalue weighted by Gasteiger charge is 2.09. The van der Waals surface area contributed by atoms with Crippen LogP contribution in [0.4, 0.5) is 0 Å². The molecule has 3 aromatic heterocycles. The van der Waals surface area contributed by atoms with Crippen LogP contribution in [0.2, 0.25) is 5.02 Å². The number of benzene rings is 1. The average Bonchev–Trinajstić information content (AvgIpc) is 3.26. The van der Waals surface area contributed by atoms with Gasteiger partial charge in [0, 0.05) is 40.8 Å². The van der Waals surface area contributed by atoms with E-state index in [2.05, 4.69) is 15.2 Å². The zero-order chi connectivity index (χ0) is 16.4. The monoisotopic (exact) mass is 336 g/mol. The number of hydrogen-bond donors (Lipinski definition) is 0. The van der Waals surface area contributed by atoms with Crippen LogP contribution in [0.25, 0.3) is 22.4 Å². The number of rotatable bonds is 4. The van der Waals surface area contributed by atoms with Crippen molar-refractivity contribution in [3.05, 3.63) is 78.0 Å². The van der Waals surface area contributed by atoms with E-state index in [9.17, 15) is 0 Å². The molecule has 0 saturated heterocycles. The smallest absolute Gasteiger partial charge is 0.158 e. The molecule has 0 fully saturated rings. The minimum Gasteiger partial charge on any atom is -0.359 e. The molecule has 0 unspecified atom stereocenters.